The molecule has 0 saturated carbocycles. The van der Waals surface area contributed by atoms with Crippen LogP contribution < -0.4 is 4.74 Å². The molecule has 3 rings (SSSR count). The minimum absolute atomic E-state index is 0.0421. The molecule has 1 aromatic rings. The van der Waals surface area contributed by atoms with Gasteiger partial charge in [0.15, 0.2) is 0 Å². The van der Waals surface area contributed by atoms with Gasteiger partial charge in [0.05, 0.1) is 20.1 Å². The number of amides is 1. The maximum atomic E-state index is 12.5. The van der Waals surface area contributed by atoms with Gasteiger partial charge in [-0.25, -0.2) is 4.79 Å². The first-order chi connectivity index (χ1) is 13.7. The van der Waals surface area contributed by atoms with Gasteiger partial charge < -0.3 is 19.1 Å². The molecule has 1 saturated heterocycles. The molecule has 1 atom stereocenters. The van der Waals surface area contributed by atoms with Crippen LogP contribution in [0.4, 0.5) is 4.79 Å². The third kappa shape index (κ3) is 4.68. The molecule has 0 radical (unpaired) electrons. The van der Waals surface area contributed by atoms with Gasteiger partial charge >= 0.3 is 12.1 Å². The van der Waals surface area contributed by atoms with Crippen LogP contribution in [-0.4, -0.2) is 49.4 Å². The Morgan fingerprint density at radius 2 is 1.90 bits per heavy atom. The molecule has 6 nitrogen and oxygen atoms in total. The lowest BCUT2D eigenvalue weighted by Crippen LogP contribution is -2.46. The van der Waals surface area contributed by atoms with Crippen molar-refractivity contribution in [2.75, 3.05) is 26.8 Å². The first kappa shape index (κ1) is 21.5. The lowest BCUT2D eigenvalue weighted by Gasteiger charge is -2.40. The summed E-state index contributed by atoms with van der Waals surface area (Å²) >= 11 is 0. The third-order valence-corrected chi connectivity index (χ3v) is 6.00. The number of hydrogen-bond acceptors (Lipinski definition) is 5. The largest absolute Gasteiger partial charge is 0.497 e. The third-order valence-electron chi connectivity index (χ3n) is 6.00. The molecule has 1 amide bonds. The van der Waals surface area contributed by atoms with Crippen molar-refractivity contribution >= 4 is 12.1 Å². The van der Waals surface area contributed by atoms with Gasteiger partial charge in [-0.05, 0) is 81.5 Å². The molecule has 0 bridgehead atoms. The summed E-state index contributed by atoms with van der Waals surface area (Å²) in [6.07, 6.45) is 2.75. The Morgan fingerprint density at radius 3 is 2.48 bits per heavy atom. The van der Waals surface area contributed by atoms with Crippen LogP contribution in [-0.2, 0) is 19.7 Å². The smallest absolute Gasteiger partial charge is 0.410 e. The van der Waals surface area contributed by atoms with Gasteiger partial charge in [-0.15, -0.1) is 0 Å². The summed E-state index contributed by atoms with van der Waals surface area (Å²) in [5, 5.41) is 0. The lowest BCUT2D eigenvalue weighted by molar-refractivity contribution is -0.143. The molecule has 1 fully saturated rings. The van der Waals surface area contributed by atoms with Crippen molar-refractivity contribution in [2.24, 2.45) is 0 Å². The van der Waals surface area contributed by atoms with Crippen molar-refractivity contribution in [1.29, 1.82) is 0 Å². The molecule has 29 heavy (non-hydrogen) atoms. The Balaban J connectivity index is 1.79. The van der Waals surface area contributed by atoms with Gasteiger partial charge in [0.1, 0.15) is 11.4 Å². The van der Waals surface area contributed by atoms with Gasteiger partial charge in [0, 0.05) is 13.1 Å². The Hall–Kier alpha value is -2.24. The first-order valence-electron chi connectivity index (χ1n) is 10.5. The lowest BCUT2D eigenvalue weighted by atomic mass is 9.73. The molecule has 1 heterocycles. The zero-order valence-corrected chi connectivity index (χ0v) is 18.2. The molecular formula is C23H33NO5. The van der Waals surface area contributed by atoms with Crippen molar-refractivity contribution in [3.05, 3.63) is 29.3 Å². The standard InChI is InChI=1S/C23H33NO5/c1-6-28-20(25)13-16-15-23(19-14-17(27-5)7-8-18(16)19)9-11-24(12-10-23)21(26)29-22(2,3)4/h7-8,14,16H,6,9-13,15H2,1-5H3/t16-/m0/s1. The van der Waals surface area contributed by atoms with E-state index < -0.39 is 5.60 Å². The normalized spacial score (nSPS) is 20.3. The number of piperidine rings is 1. The van der Waals surface area contributed by atoms with Gasteiger partial charge in [0.2, 0.25) is 0 Å². The number of nitrogens with zero attached hydrogens (tertiary/aromatic N) is 1. The van der Waals surface area contributed by atoms with Gasteiger partial charge in [-0.2, -0.15) is 0 Å². The van der Waals surface area contributed by atoms with E-state index in [4.69, 9.17) is 14.2 Å². The second-order valence-electron chi connectivity index (χ2n) is 9.11. The number of likely N-dealkylation sites (tertiary alicyclic amines) is 1. The molecule has 160 valence electrons. The minimum Gasteiger partial charge on any atom is -0.497 e. The molecule has 0 aromatic heterocycles. The van der Waals surface area contributed by atoms with Crippen molar-refractivity contribution in [3.63, 3.8) is 0 Å². The monoisotopic (exact) mass is 403 g/mol. The molecule has 1 aliphatic carbocycles. The fourth-order valence-corrected chi connectivity index (χ4v) is 4.69. The highest BCUT2D eigenvalue weighted by atomic mass is 16.6. The Morgan fingerprint density at radius 1 is 1.21 bits per heavy atom. The van der Waals surface area contributed by atoms with Crippen LogP contribution in [0.2, 0.25) is 0 Å². The minimum atomic E-state index is -0.496. The molecule has 0 unspecified atom stereocenters. The molecule has 0 N–H and O–H groups in total. The van der Waals surface area contributed by atoms with Crippen LogP contribution >= 0.6 is 0 Å². The van der Waals surface area contributed by atoms with Gasteiger partial charge in [0.25, 0.3) is 0 Å². The Kier molecular flexibility index (Phi) is 6.11. The number of fused-ring (bicyclic) bond motifs is 2. The van der Waals surface area contributed by atoms with Crippen LogP contribution in [0.15, 0.2) is 18.2 Å². The SMILES string of the molecule is CCOC(=O)C[C@H]1CC2(CCN(C(=O)OC(C)(C)C)CC2)c2cc(OC)ccc21. The van der Waals surface area contributed by atoms with E-state index in [-0.39, 0.29) is 23.4 Å². The van der Waals surface area contributed by atoms with Gasteiger partial charge in [-0.1, -0.05) is 6.07 Å². The maximum absolute atomic E-state index is 12.5. The van der Waals surface area contributed by atoms with E-state index in [1.54, 1.807) is 12.0 Å². The number of ether oxygens (including phenoxy) is 3. The highest BCUT2D eigenvalue weighted by Crippen LogP contribution is 2.53. The summed E-state index contributed by atoms with van der Waals surface area (Å²) in [7, 11) is 1.67. The highest BCUT2D eigenvalue weighted by Gasteiger charge is 2.47. The summed E-state index contributed by atoms with van der Waals surface area (Å²) in [5.74, 6) is 0.819. The fraction of sp³-hybridized carbons (Fsp3) is 0.652. The topological polar surface area (TPSA) is 65.1 Å². The number of carbonyl (C=O) groups excluding carboxylic acids is 2. The average Bonchev–Trinajstić information content (AvgIpc) is 2.93. The van der Waals surface area contributed by atoms with Crippen LogP contribution in [0.25, 0.3) is 0 Å². The zero-order valence-electron chi connectivity index (χ0n) is 18.2. The zero-order chi connectivity index (χ0) is 21.2. The van der Waals surface area contributed by atoms with Crippen LogP contribution in [0.3, 0.4) is 0 Å². The Labute approximate surface area is 173 Å². The molecule has 6 heteroatoms. The molecule has 1 aliphatic heterocycles. The number of carbonyl (C=O) groups is 2. The number of esters is 1. The number of hydrogen-bond donors (Lipinski definition) is 0. The molecule has 1 spiro atoms. The quantitative estimate of drug-likeness (QED) is 0.697. The average molecular weight is 404 g/mol. The summed E-state index contributed by atoms with van der Waals surface area (Å²) in [5.41, 5.74) is 1.93. The maximum Gasteiger partial charge on any atom is 0.410 e. The van der Waals surface area contributed by atoms with E-state index in [1.807, 2.05) is 33.8 Å². The molecular weight excluding hydrogens is 370 g/mol. The van der Waals surface area contributed by atoms with Crippen molar-refractivity contribution in [3.8, 4) is 5.75 Å². The second-order valence-corrected chi connectivity index (χ2v) is 9.11. The number of methoxy groups -OCH3 is 1. The fourth-order valence-electron chi connectivity index (χ4n) is 4.69. The van der Waals surface area contributed by atoms with Crippen molar-refractivity contribution < 1.29 is 23.8 Å². The Bertz CT molecular complexity index is 759. The first-order valence-corrected chi connectivity index (χ1v) is 10.5. The van der Waals surface area contributed by atoms with E-state index in [1.165, 1.54) is 11.1 Å². The van der Waals surface area contributed by atoms with E-state index in [0.29, 0.717) is 26.1 Å². The summed E-state index contributed by atoms with van der Waals surface area (Å²) < 4.78 is 16.2. The summed E-state index contributed by atoms with van der Waals surface area (Å²) in [6, 6.07) is 6.17. The molecule has 2 aliphatic rings. The van der Waals surface area contributed by atoms with Gasteiger partial charge in [-0.3, -0.25) is 4.79 Å². The predicted octanol–water partition coefficient (Wildman–Crippen LogP) is 4.40. The van der Waals surface area contributed by atoms with Crippen LogP contribution in [0.1, 0.15) is 70.4 Å². The number of benzene rings is 1. The second kappa shape index (κ2) is 8.25. The summed E-state index contributed by atoms with van der Waals surface area (Å²) in [6.45, 7) is 9.19. The summed E-state index contributed by atoms with van der Waals surface area (Å²) in [4.78, 5) is 26.4. The number of rotatable bonds is 4. The van der Waals surface area contributed by atoms with Crippen LogP contribution in [0.5, 0.6) is 5.75 Å². The van der Waals surface area contributed by atoms with Crippen molar-refractivity contribution in [1.82, 2.24) is 4.90 Å². The van der Waals surface area contributed by atoms with E-state index in [2.05, 4.69) is 12.1 Å². The predicted molar refractivity (Wildman–Crippen MR) is 110 cm³/mol. The van der Waals surface area contributed by atoms with Crippen molar-refractivity contribution in [2.45, 2.75) is 70.3 Å². The van der Waals surface area contributed by atoms with E-state index in [0.717, 1.165) is 25.0 Å². The van der Waals surface area contributed by atoms with E-state index >= 15 is 0 Å². The van der Waals surface area contributed by atoms with E-state index in [9.17, 15) is 9.59 Å². The molecule has 1 aromatic carbocycles. The van der Waals surface area contributed by atoms with Crippen LogP contribution in [0, 0.1) is 0 Å². The highest BCUT2D eigenvalue weighted by molar-refractivity contribution is 5.71.